The number of ether oxygens (including phenoxy) is 1. The first-order chi connectivity index (χ1) is 8.72. The third-order valence-electron chi connectivity index (χ3n) is 2.56. The lowest BCUT2D eigenvalue weighted by atomic mass is 10.1. The van der Waals surface area contributed by atoms with Crippen molar-refractivity contribution in [1.82, 2.24) is 0 Å². The largest absolute Gasteiger partial charge is 0.483 e. The van der Waals surface area contributed by atoms with Gasteiger partial charge in [-0.1, -0.05) is 24.8 Å². The van der Waals surface area contributed by atoms with Crippen molar-refractivity contribution in [3.8, 4) is 5.75 Å². The molecule has 0 aliphatic rings. The van der Waals surface area contributed by atoms with E-state index in [0.29, 0.717) is 12.4 Å². The molecule has 0 saturated carbocycles. The Morgan fingerprint density at radius 2 is 2.22 bits per heavy atom. The van der Waals surface area contributed by atoms with E-state index >= 15 is 0 Å². The second-order valence-electron chi connectivity index (χ2n) is 3.88. The maximum absolute atomic E-state index is 5.78. The Morgan fingerprint density at radius 3 is 2.83 bits per heavy atom. The highest BCUT2D eigenvalue weighted by Gasteiger charge is 2.10. The number of nitrogens with two attached hydrogens (primary N) is 1. The minimum absolute atomic E-state index is 0.360. The van der Waals surface area contributed by atoms with Gasteiger partial charge in [-0.15, -0.1) is 0 Å². The molecule has 0 fully saturated rings. The Morgan fingerprint density at radius 1 is 1.39 bits per heavy atom. The van der Waals surface area contributed by atoms with Gasteiger partial charge in [-0.3, -0.25) is 0 Å². The van der Waals surface area contributed by atoms with Crippen LogP contribution in [0.4, 0.5) is 5.69 Å². The van der Waals surface area contributed by atoms with Crippen LogP contribution in [0.3, 0.4) is 0 Å². The van der Waals surface area contributed by atoms with Crippen molar-refractivity contribution in [1.29, 1.82) is 0 Å². The first-order valence-corrected chi connectivity index (χ1v) is 5.61. The molecule has 0 atom stereocenters. The molecule has 1 aromatic heterocycles. The van der Waals surface area contributed by atoms with Crippen molar-refractivity contribution in [2.45, 2.75) is 6.61 Å². The van der Waals surface area contributed by atoms with Crippen molar-refractivity contribution in [3.05, 3.63) is 54.5 Å². The second-order valence-corrected chi connectivity index (χ2v) is 3.88. The smallest absolute Gasteiger partial charge is 0.151 e. The van der Waals surface area contributed by atoms with E-state index in [2.05, 4.69) is 6.58 Å². The first kappa shape index (κ1) is 12.3. The summed E-state index contributed by atoms with van der Waals surface area (Å²) >= 11 is 0. The van der Waals surface area contributed by atoms with Crippen molar-refractivity contribution < 1.29 is 9.15 Å². The molecule has 1 aromatic carbocycles. The molecule has 0 aliphatic heterocycles. The number of anilines is 1. The summed E-state index contributed by atoms with van der Waals surface area (Å²) in [6.07, 6.45) is 3.36. The Hall–Kier alpha value is -2.20. The summed E-state index contributed by atoms with van der Waals surface area (Å²) in [7, 11) is 1.77. The maximum Gasteiger partial charge on any atom is 0.151 e. The van der Waals surface area contributed by atoms with Gasteiger partial charge in [0.15, 0.2) is 5.75 Å². The van der Waals surface area contributed by atoms with Gasteiger partial charge in [0.05, 0.1) is 12.0 Å². The Balaban J connectivity index is 2.26. The third kappa shape index (κ3) is 2.55. The van der Waals surface area contributed by atoms with Gasteiger partial charge in [0.1, 0.15) is 12.4 Å². The number of para-hydroxylation sites is 1. The van der Waals surface area contributed by atoms with E-state index in [4.69, 9.17) is 15.0 Å². The van der Waals surface area contributed by atoms with Crippen molar-refractivity contribution in [2.24, 2.45) is 5.84 Å². The van der Waals surface area contributed by atoms with Gasteiger partial charge < -0.3 is 14.2 Å². The molecule has 2 aromatic rings. The van der Waals surface area contributed by atoms with Crippen LogP contribution in [0.5, 0.6) is 5.75 Å². The molecular weight excluding hydrogens is 228 g/mol. The highest BCUT2D eigenvalue weighted by atomic mass is 16.5. The van der Waals surface area contributed by atoms with Crippen LogP contribution in [0.2, 0.25) is 0 Å². The van der Waals surface area contributed by atoms with Gasteiger partial charge in [-0.05, 0) is 18.2 Å². The summed E-state index contributed by atoms with van der Waals surface area (Å²) in [5.74, 6) is 7.25. The SMILES string of the molecule is C=Cc1cccc(N(C)N)c1OCc1ccco1. The zero-order valence-corrected chi connectivity index (χ0v) is 10.3. The summed E-state index contributed by atoms with van der Waals surface area (Å²) in [4.78, 5) is 0. The summed E-state index contributed by atoms with van der Waals surface area (Å²) < 4.78 is 11.0. The van der Waals surface area contributed by atoms with Crippen LogP contribution >= 0.6 is 0 Å². The van der Waals surface area contributed by atoms with Gasteiger partial charge in [0.25, 0.3) is 0 Å². The molecule has 4 heteroatoms. The molecule has 0 unspecified atom stereocenters. The number of rotatable bonds is 5. The van der Waals surface area contributed by atoms with Gasteiger partial charge in [-0.2, -0.15) is 0 Å². The summed E-state index contributed by atoms with van der Waals surface area (Å²) in [6, 6.07) is 9.42. The lowest BCUT2D eigenvalue weighted by Gasteiger charge is -2.18. The average Bonchev–Trinajstić information content (AvgIpc) is 2.88. The van der Waals surface area contributed by atoms with Crippen LogP contribution < -0.4 is 15.6 Å². The summed E-state index contributed by atoms with van der Waals surface area (Å²) in [6.45, 7) is 4.13. The molecular formula is C14H16N2O2. The third-order valence-corrected chi connectivity index (χ3v) is 2.56. The summed E-state index contributed by atoms with van der Waals surface area (Å²) in [5.41, 5.74) is 1.70. The number of hydrogen-bond donors (Lipinski definition) is 1. The van der Waals surface area contributed by atoms with Crippen molar-refractivity contribution >= 4 is 11.8 Å². The normalized spacial score (nSPS) is 10.1. The van der Waals surface area contributed by atoms with E-state index in [9.17, 15) is 0 Å². The van der Waals surface area contributed by atoms with E-state index in [1.165, 1.54) is 5.01 Å². The molecule has 1 heterocycles. The van der Waals surface area contributed by atoms with Crippen LogP contribution in [0.25, 0.3) is 6.08 Å². The van der Waals surface area contributed by atoms with Crippen molar-refractivity contribution in [3.63, 3.8) is 0 Å². The van der Waals surface area contributed by atoms with Crippen LogP contribution in [0.15, 0.2) is 47.6 Å². The van der Waals surface area contributed by atoms with E-state index in [0.717, 1.165) is 17.0 Å². The van der Waals surface area contributed by atoms with E-state index in [1.54, 1.807) is 19.4 Å². The zero-order valence-electron chi connectivity index (χ0n) is 10.3. The fraction of sp³-hybridized carbons (Fsp3) is 0.143. The standard InChI is InChI=1S/C14H16N2O2/c1-3-11-6-4-8-13(16(2)15)14(11)18-10-12-7-5-9-17-12/h3-9H,1,10,15H2,2H3. The quantitative estimate of drug-likeness (QED) is 0.649. The molecule has 0 saturated heterocycles. The molecule has 0 spiro atoms. The minimum atomic E-state index is 0.360. The molecule has 0 aliphatic carbocycles. The molecule has 0 amide bonds. The predicted octanol–water partition coefficient (Wildman–Crippen LogP) is 2.81. The fourth-order valence-electron chi connectivity index (χ4n) is 1.68. The number of hydrazine groups is 1. The zero-order chi connectivity index (χ0) is 13.0. The van der Waals surface area contributed by atoms with Crippen molar-refractivity contribution in [2.75, 3.05) is 12.1 Å². The molecule has 4 nitrogen and oxygen atoms in total. The molecule has 94 valence electrons. The van der Waals surface area contributed by atoms with E-state index < -0.39 is 0 Å². The Kier molecular flexibility index (Phi) is 3.69. The number of benzene rings is 1. The summed E-state index contributed by atoms with van der Waals surface area (Å²) in [5, 5.41) is 1.52. The molecule has 0 radical (unpaired) electrons. The fourth-order valence-corrected chi connectivity index (χ4v) is 1.68. The average molecular weight is 244 g/mol. The molecule has 2 N–H and O–H groups in total. The minimum Gasteiger partial charge on any atom is -0.483 e. The maximum atomic E-state index is 5.78. The topological polar surface area (TPSA) is 51.6 Å². The second kappa shape index (κ2) is 5.42. The lowest BCUT2D eigenvalue weighted by Crippen LogP contribution is -2.25. The van der Waals surface area contributed by atoms with Crippen LogP contribution in [0, 0.1) is 0 Å². The Labute approximate surface area is 106 Å². The van der Waals surface area contributed by atoms with Crippen LogP contribution in [-0.2, 0) is 6.61 Å². The first-order valence-electron chi connectivity index (χ1n) is 5.61. The highest BCUT2D eigenvalue weighted by molar-refractivity contribution is 5.68. The number of hydrogen-bond acceptors (Lipinski definition) is 4. The van der Waals surface area contributed by atoms with Gasteiger partial charge in [0, 0.05) is 12.6 Å². The number of furan rings is 1. The van der Waals surface area contributed by atoms with Gasteiger partial charge in [-0.25, -0.2) is 5.84 Å². The highest BCUT2D eigenvalue weighted by Crippen LogP contribution is 2.31. The molecule has 0 bridgehead atoms. The monoisotopic (exact) mass is 244 g/mol. The van der Waals surface area contributed by atoms with Crippen LogP contribution in [-0.4, -0.2) is 7.05 Å². The Bertz CT molecular complexity index is 519. The molecule has 2 rings (SSSR count). The molecule has 18 heavy (non-hydrogen) atoms. The van der Waals surface area contributed by atoms with E-state index in [-0.39, 0.29) is 0 Å². The van der Waals surface area contributed by atoms with Gasteiger partial charge >= 0.3 is 0 Å². The van der Waals surface area contributed by atoms with Gasteiger partial charge in [0.2, 0.25) is 0 Å². The van der Waals surface area contributed by atoms with Crippen LogP contribution in [0.1, 0.15) is 11.3 Å². The predicted molar refractivity (Wildman–Crippen MR) is 72.2 cm³/mol. The lowest BCUT2D eigenvalue weighted by molar-refractivity contribution is 0.270. The number of nitrogens with zero attached hydrogens (tertiary/aromatic N) is 1. The van der Waals surface area contributed by atoms with E-state index in [1.807, 2.05) is 30.3 Å².